The molecule has 4 nitrogen and oxygen atoms in total. The highest BCUT2D eigenvalue weighted by atomic mass is 35.5. The van der Waals surface area contributed by atoms with E-state index >= 15 is 0 Å². The van der Waals surface area contributed by atoms with Gasteiger partial charge in [-0.3, -0.25) is 0 Å². The highest BCUT2D eigenvalue weighted by molar-refractivity contribution is 6.17. The third-order valence-electron chi connectivity index (χ3n) is 1.81. The van der Waals surface area contributed by atoms with Crippen LogP contribution in [0.4, 0.5) is 17.6 Å². The molecule has 0 spiro atoms. The number of methoxy groups -OCH3 is 1. The fourth-order valence-corrected chi connectivity index (χ4v) is 1.35. The van der Waals surface area contributed by atoms with Crippen molar-refractivity contribution in [3.63, 3.8) is 0 Å². The van der Waals surface area contributed by atoms with Gasteiger partial charge < -0.3 is 9.47 Å². The summed E-state index contributed by atoms with van der Waals surface area (Å²) in [4.78, 5) is 14.4. The van der Waals surface area contributed by atoms with Gasteiger partial charge in [0.25, 0.3) is 0 Å². The largest absolute Gasteiger partial charge is 0.573 e. The van der Waals surface area contributed by atoms with Gasteiger partial charge in [-0.15, -0.1) is 24.8 Å². The lowest BCUT2D eigenvalue weighted by molar-refractivity contribution is -0.275. The Morgan fingerprint density at radius 2 is 2.11 bits per heavy atom. The van der Waals surface area contributed by atoms with Crippen molar-refractivity contribution in [2.75, 3.05) is 7.11 Å². The minimum absolute atomic E-state index is 0.563. The van der Waals surface area contributed by atoms with E-state index in [9.17, 15) is 22.4 Å². The van der Waals surface area contributed by atoms with Gasteiger partial charge in [0.2, 0.25) is 0 Å². The predicted octanol–water partition coefficient (Wildman–Crippen LogP) is 2.64. The van der Waals surface area contributed by atoms with Crippen LogP contribution in [0.3, 0.4) is 0 Å². The van der Waals surface area contributed by atoms with E-state index < -0.39 is 41.0 Å². The van der Waals surface area contributed by atoms with Gasteiger partial charge in [-0.2, -0.15) is 0 Å². The van der Waals surface area contributed by atoms with Crippen LogP contribution in [-0.4, -0.2) is 24.4 Å². The summed E-state index contributed by atoms with van der Waals surface area (Å²) in [5, 5.41) is 0. The number of pyridine rings is 1. The smallest absolute Gasteiger partial charge is 0.464 e. The van der Waals surface area contributed by atoms with E-state index in [0.717, 1.165) is 7.11 Å². The second-order valence-corrected chi connectivity index (χ2v) is 3.20. The van der Waals surface area contributed by atoms with E-state index in [4.69, 9.17) is 11.6 Å². The van der Waals surface area contributed by atoms with Crippen molar-refractivity contribution < 1.29 is 31.8 Å². The zero-order valence-corrected chi connectivity index (χ0v) is 9.60. The minimum atomic E-state index is -5.11. The van der Waals surface area contributed by atoms with Crippen LogP contribution in [0.25, 0.3) is 0 Å². The summed E-state index contributed by atoms with van der Waals surface area (Å²) >= 11 is 5.32. The molecule has 0 aliphatic rings. The molecular formula is C9H6ClF4NO3. The first-order valence-corrected chi connectivity index (χ1v) is 4.91. The molecule has 1 aromatic heterocycles. The number of carbonyl (C=O) groups excluding carboxylic acids is 1. The lowest BCUT2D eigenvalue weighted by Gasteiger charge is -2.14. The SMILES string of the molecule is COC(=O)c1ncc(F)c(CCl)c1OC(F)(F)F. The third-order valence-corrected chi connectivity index (χ3v) is 2.08. The number of rotatable bonds is 3. The lowest BCUT2D eigenvalue weighted by atomic mass is 10.2. The zero-order chi connectivity index (χ0) is 13.9. The van der Waals surface area contributed by atoms with Gasteiger partial charge >= 0.3 is 12.3 Å². The molecule has 0 amide bonds. The van der Waals surface area contributed by atoms with Gasteiger partial charge in [0.1, 0.15) is 5.82 Å². The average Bonchev–Trinajstić information content (AvgIpc) is 2.26. The Kier molecular flexibility index (Phi) is 4.33. The van der Waals surface area contributed by atoms with Crippen LogP contribution in [0.1, 0.15) is 16.1 Å². The normalized spacial score (nSPS) is 11.2. The molecule has 0 saturated heterocycles. The number of hydrogen-bond donors (Lipinski definition) is 0. The maximum absolute atomic E-state index is 13.2. The maximum Gasteiger partial charge on any atom is 0.573 e. The first-order chi connectivity index (χ1) is 8.30. The Balaban J connectivity index is 3.39. The van der Waals surface area contributed by atoms with E-state index in [1.54, 1.807) is 0 Å². The summed E-state index contributed by atoms with van der Waals surface area (Å²) in [5.41, 5.74) is -1.42. The number of nitrogens with zero attached hydrogens (tertiary/aromatic N) is 1. The van der Waals surface area contributed by atoms with Crippen molar-refractivity contribution >= 4 is 17.6 Å². The van der Waals surface area contributed by atoms with E-state index in [1.165, 1.54) is 0 Å². The number of esters is 1. The third kappa shape index (κ3) is 3.22. The summed E-state index contributed by atoms with van der Waals surface area (Å²) < 4.78 is 57.5. The molecule has 0 atom stereocenters. The van der Waals surface area contributed by atoms with E-state index in [2.05, 4.69) is 14.5 Å². The van der Waals surface area contributed by atoms with Crippen molar-refractivity contribution in [1.29, 1.82) is 0 Å². The monoisotopic (exact) mass is 287 g/mol. The predicted molar refractivity (Wildman–Crippen MR) is 51.8 cm³/mol. The van der Waals surface area contributed by atoms with Crippen molar-refractivity contribution in [1.82, 2.24) is 4.98 Å². The molecule has 100 valence electrons. The zero-order valence-electron chi connectivity index (χ0n) is 8.85. The molecule has 0 unspecified atom stereocenters. The number of ether oxygens (including phenoxy) is 2. The van der Waals surface area contributed by atoms with Crippen LogP contribution in [0.5, 0.6) is 5.75 Å². The molecule has 0 N–H and O–H groups in total. The molecule has 1 aromatic rings. The molecule has 0 radical (unpaired) electrons. The van der Waals surface area contributed by atoms with E-state index in [0.29, 0.717) is 6.20 Å². The van der Waals surface area contributed by atoms with Crippen LogP contribution in [0, 0.1) is 5.82 Å². The summed E-state index contributed by atoms with van der Waals surface area (Å²) in [7, 11) is 0.936. The standard InChI is InChI=1S/C9H6ClF4NO3/c1-17-8(16)6-7(18-9(12,13)14)4(2-10)5(11)3-15-6/h3H,2H2,1H3. The summed E-state index contributed by atoms with van der Waals surface area (Å²) in [6, 6.07) is 0. The minimum Gasteiger partial charge on any atom is -0.464 e. The lowest BCUT2D eigenvalue weighted by Crippen LogP contribution is -2.21. The number of aromatic nitrogens is 1. The van der Waals surface area contributed by atoms with Crippen molar-refractivity contribution in [3.8, 4) is 5.75 Å². The topological polar surface area (TPSA) is 48.4 Å². The molecule has 9 heteroatoms. The van der Waals surface area contributed by atoms with Gasteiger partial charge in [-0.1, -0.05) is 0 Å². The van der Waals surface area contributed by atoms with Gasteiger partial charge in [0, 0.05) is 5.56 Å². The van der Waals surface area contributed by atoms with Gasteiger partial charge in [0.05, 0.1) is 19.2 Å². The number of alkyl halides is 4. The van der Waals surface area contributed by atoms with Crippen LogP contribution < -0.4 is 4.74 Å². The molecule has 0 fully saturated rings. The Labute approximate surface area is 103 Å². The van der Waals surface area contributed by atoms with Crippen LogP contribution >= 0.6 is 11.6 Å². The van der Waals surface area contributed by atoms with Crippen LogP contribution in [0.15, 0.2) is 6.20 Å². The van der Waals surface area contributed by atoms with Crippen LogP contribution in [0.2, 0.25) is 0 Å². The Morgan fingerprint density at radius 3 is 2.56 bits per heavy atom. The first-order valence-electron chi connectivity index (χ1n) is 4.37. The second kappa shape index (κ2) is 5.38. The van der Waals surface area contributed by atoms with Crippen molar-refractivity contribution in [2.24, 2.45) is 0 Å². The first kappa shape index (κ1) is 14.5. The molecule has 1 heterocycles. The molecule has 0 aliphatic carbocycles. The van der Waals surface area contributed by atoms with E-state index in [1.807, 2.05) is 0 Å². The Morgan fingerprint density at radius 1 is 1.50 bits per heavy atom. The highest BCUT2D eigenvalue weighted by Crippen LogP contribution is 2.32. The number of halogens is 5. The molecule has 1 rings (SSSR count). The molecule has 0 aromatic carbocycles. The number of hydrogen-bond acceptors (Lipinski definition) is 4. The molecular weight excluding hydrogens is 282 g/mol. The van der Waals surface area contributed by atoms with E-state index in [-0.39, 0.29) is 0 Å². The van der Waals surface area contributed by atoms with Crippen LogP contribution in [-0.2, 0) is 10.6 Å². The quantitative estimate of drug-likeness (QED) is 0.487. The second-order valence-electron chi connectivity index (χ2n) is 2.94. The fraction of sp³-hybridized carbons (Fsp3) is 0.333. The highest BCUT2D eigenvalue weighted by Gasteiger charge is 2.35. The van der Waals surface area contributed by atoms with Gasteiger partial charge in [-0.25, -0.2) is 14.2 Å². The van der Waals surface area contributed by atoms with Gasteiger partial charge in [0.15, 0.2) is 11.4 Å². The van der Waals surface area contributed by atoms with Gasteiger partial charge in [-0.05, 0) is 0 Å². The van der Waals surface area contributed by atoms with Crippen molar-refractivity contribution in [2.45, 2.75) is 12.2 Å². The summed E-state index contributed by atoms with van der Waals surface area (Å²) in [5.74, 6) is -4.02. The van der Waals surface area contributed by atoms with Crippen molar-refractivity contribution in [3.05, 3.63) is 23.3 Å². The molecule has 0 saturated carbocycles. The summed E-state index contributed by atoms with van der Waals surface area (Å²) in [6.45, 7) is 0. The maximum atomic E-state index is 13.2. The Hall–Kier alpha value is -1.57. The average molecular weight is 288 g/mol. The number of carbonyl (C=O) groups is 1. The molecule has 0 bridgehead atoms. The fourth-order valence-electron chi connectivity index (χ4n) is 1.10. The molecule has 0 aliphatic heterocycles. The summed E-state index contributed by atoms with van der Waals surface area (Å²) in [6.07, 6.45) is -4.55. The molecule has 18 heavy (non-hydrogen) atoms. The Bertz CT molecular complexity index is 464.